The van der Waals surface area contributed by atoms with Crippen molar-refractivity contribution in [3.05, 3.63) is 99.6 Å². The molecule has 0 amide bonds. The second kappa shape index (κ2) is 13.2. The Morgan fingerprint density at radius 2 is 1.78 bits per heavy atom. The van der Waals surface area contributed by atoms with Crippen LogP contribution in [0.1, 0.15) is 78.4 Å². The van der Waals surface area contributed by atoms with Gasteiger partial charge in [0, 0.05) is 57.0 Å². The molecule has 7 nitrogen and oxygen atoms in total. The number of para-hydroxylation sites is 1. The van der Waals surface area contributed by atoms with Gasteiger partial charge in [0.1, 0.15) is 6.54 Å². The molecule has 9 heteroatoms. The molecular weight excluding hydrogens is 615 g/mol. The highest BCUT2D eigenvalue weighted by molar-refractivity contribution is 8.03. The third kappa shape index (κ3) is 6.37. The first-order chi connectivity index (χ1) is 21.7. The van der Waals surface area contributed by atoms with E-state index in [2.05, 4.69) is 99.6 Å². The Hall–Kier alpha value is -3.16. The van der Waals surface area contributed by atoms with Crippen LogP contribution >= 0.6 is 19.4 Å². The van der Waals surface area contributed by atoms with Crippen LogP contribution in [0.2, 0.25) is 0 Å². The molecule has 2 aromatic rings. The highest BCUT2D eigenvalue weighted by Crippen LogP contribution is 2.49. The maximum atomic E-state index is 12.0. The van der Waals surface area contributed by atoms with E-state index in [9.17, 15) is 24.3 Å². The summed E-state index contributed by atoms with van der Waals surface area (Å²) in [7, 11) is -4.63. The SMILES string of the molecule is CCN1/C(=C/C=C2\CCCC(/C=C/C3=[N+](CC)c4ccccc4C3(C)C)=C2SCCC(=O)O)C(C)(C)c2cc(P(=O)([O-])O)ccc21. The molecule has 244 valence electrons. The summed E-state index contributed by atoms with van der Waals surface area (Å²) in [6.45, 7) is 14.5. The standard InChI is InChI=1S/C37H45N2O5PS/c1-7-38-30-15-10-9-14-28(30)36(3,4)32(38)20-16-25-12-11-13-26(35(25)46-23-22-34(40)41)17-21-33-37(5,6)29-24-27(45(42,43)44)18-19-31(29)39(33)8-2/h9-10,14-21,24H,7-8,11-13,22-23H2,1-6H3,(H2-,40,41,42,43,44). The van der Waals surface area contributed by atoms with E-state index in [1.807, 2.05) is 0 Å². The number of hydrogen-bond acceptors (Lipinski definition) is 5. The van der Waals surface area contributed by atoms with E-state index in [-0.39, 0.29) is 17.1 Å². The first-order valence-corrected chi connectivity index (χ1v) is 18.7. The number of benzene rings is 2. The Morgan fingerprint density at radius 3 is 2.46 bits per heavy atom. The maximum absolute atomic E-state index is 12.0. The van der Waals surface area contributed by atoms with Crippen LogP contribution in [0.15, 0.2) is 88.5 Å². The fourth-order valence-corrected chi connectivity index (χ4v) is 8.91. The van der Waals surface area contributed by atoms with Gasteiger partial charge in [0.2, 0.25) is 5.69 Å². The molecule has 1 unspecified atom stereocenters. The molecular formula is C37H45N2O5PS. The summed E-state index contributed by atoms with van der Waals surface area (Å²) in [5.74, 6) is -0.316. The van der Waals surface area contributed by atoms with Crippen molar-refractivity contribution in [2.45, 2.75) is 78.1 Å². The van der Waals surface area contributed by atoms with Gasteiger partial charge in [-0.15, -0.1) is 11.8 Å². The molecule has 0 spiro atoms. The lowest BCUT2D eigenvalue weighted by atomic mass is 9.81. The van der Waals surface area contributed by atoms with Gasteiger partial charge in [0.15, 0.2) is 13.3 Å². The number of rotatable bonds is 10. The van der Waals surface area contributed by atoms with Gasteiger partial charge < -0.3 is 24.4 Å². The molecule has 0 bridgehead atoms. The van der Waals surface area contributed by atoms with Crippen molar-refractivity contribution >= 4 is 47.7 Å². The summed E-state index contributed by atoms with van der Waals surface area (Å²) < 4.78 is 14.4. The number of aliphatic carboxylic acids is 1. The normalized spacial score (nSPS) is 21.8. The molecule has 3 aliphatic rings. The van der Waals surface area contributed by atoms with Crippen LogP contribution in [0.3, 0.4) is 0 Å². The van der Waals surface area contributed by atoms with Crippen LogP contribution in [0, 0.1) is 0 Å². The predicted octanol–water partition coefficient (Wildman–Crippen LogP) is 7.08. The molecule has 0 aromatic heterocycles. The van der Waals surface area contributed by atoms with E-state index in [4.69, 9.17) is 0 Å². The fourth-order valence-electron chi connectivity index (χ4n) is 7.17. The van der Waals surface area contributed by atoms with E-state index in [0.29, 0.717) is 12.3 Å². The van der Waals surface area contributed by atoms with Crippen LogP contribution in [-0.4, -0.2) is 45.1 Å². The minimum absolute atomic E-state index is 0.0770. The number of likely N-dealkylation sites (N-methyl/N-ethyl adjacent to an activating group) is 1. The van der Waals surface area contributed by atoms with Crippen LogP contribution in [0.4, 0.5) is 11.4 Å². The second-order valence-electron chi connectivity index (χ2n) is 13.1. The van der Waals surface area contributed by atoms with Crippen molar-refractivity contribution < 1.29 is 28.8 Å². The first-order valence-electron chi connectivity index (χ1n) is 16.1. The zero-order valence-corrected chi connectivity index (χ0v) is 29.4. The third-order valence-electron chi connectivity index (χ3n) is 9.56. The van der Waals surface area contributed by atoms with Crippen molar-refractivity contribution in [3.63, 3.8) is 0 Å². The van der Waals surface area contributed by atoms with E-state index >= 15 is 0 Å². The lowest BCUT2D eigenvalue weighted by Gasteiger charge is -2.26. The van der Waals surface area contributed by atoms with Crippen molar-refractivity contribution in [2.24, 2.45) is 0 Å². The second-order valence-corrected chi connectivity index (χ2v) is 15.8. The molecule has 0 fully saturated rings. The largest absolute Gasteiger partial charge is 0.775 e. The zero-order chi connectivity index (χ0) is 33.4. The van der Waals surface area contributed by atoms with Crippen molar-refractivity contribution in [1.82, 2.24) is 0 Å². The monoisotopic (exact) mass is 660 g/mol. The summed E-state index contributed by atoms with van der Waals surface area (Å²) in [6, 6.07) is 13.4. The number of anilines is 1. The van der Waals surface area contributed by atoms with E-state index < -0.39 is 19.0 Å². The number of hydrogen-bond donors (Lipinski definition) is 2. The van der Waals surface area contributed by atoms with Crippen molar-refractivity contribution in [2.75, 3.05) is 23.7 Å². The van der Waals surface area contributed by atoms with Gasteiger partial charge in [-0.2, -0.15) is 4.58 Å². The summed E-state index contributed by atoms with van der Waals surface area (Å²) in [4.78, 5) is 36.5. The van der Waals surface area contributed by atoms with Crippen molar-refractivity contribution in [3.8, 4) is 0 Å². The van der Waals surface area contributed by atoms with Gasteiger partial charge in [0.05, 0.1) is 11.8 Å². The molecule has 2 N–H and O–H groups in total. The van der Waals surface area contributed by atoms with Crippen molar-refractivity contribution in [1.29, 1.82) is 0 Å². The lowest BCUT2D eigenvalue weighted by Crippen LogP contribution is -2.27. The molecule has 46 heavy (non-hydrogen) atoms. The number of carboxylic acids is 1. The van der Waals surface area contributed by atoms with E-state index in [0.717, 1.165) is 47.7 Å². The average Bonchev–Trinajstić information content (AvgIpc) is 3.36. The van der Waals surface area contributed by atoms with Gasteiger partial charge in [-0.3, -0.25) is 4.79 Å². The average molecular weight is 661 g/mol. The Labute approximate surface area is 277 Å². The number of fused-ring (bicyclic) bond motifs is 2. The quantitative estimate of drug-likeness (QED) is 0.207. The van der Waals surface area contributed by atoms with Crippen LogP contribution in [-0.2, 0) is 20.2 Å². The van der Waals surface area contributed by atoms with E-state index in [1.54, 1.807) is 23.9 Å². The maximum Gasteiger partial charge on any atom is 0.304 e. The van der Waals surface area contributed by atoms with Gasteiger partial charge in [-0.05, 0) is 87.9 Å². The number of nitrogens with zero attached hydrogens (tertiary/aromatic N) is 2. The highest BCUT2D eigenvalue weighted by Gasteiger charge is 2.43. The van der Waals surface area contributed by atoms with Crippen LogP contribution in [0.25, 0.3) is 0 Å². The summed E-state index contributed by atoms with van der Waals surface area (Å²) in [6.07, 6.45) is 11.7. The Balaban J connectivity index is 1.56. The number of carbonyl (C=O) groups is 1. The molecule has 0 saturated carbocycles. The number of thioether (sulfide) groups is 1. The molecule has 2 aromatic carbocycles. The van der Waals surface area contributed by atoms with Gasteiger partial charge in [-0.1, -0.05) is 44.2 Å². The zero-order valence-electron chi connectivity index (χ0n) is 27.7. The van der Waals surface area contributed by atoms with Crippen LogP contribution < -0.4 is 15.1 Å². The summed E-state index contributed by atoms with van der Waals surface area (Å²) in [5, 5.41) is 9.33. The molecule has 0 saturated heterocycles. The summed E-state index contributed by atoms with van der Waals surface area (Å²) >= 11 is 1.62. The summed E-state index contributed by atoms with van der Waals surface area (Å²) in [5.41, 5.74) is 8.45. The molecule has 0 radical (unpaired) electrons. The number of carboxylic acid groups (broad SMARTS) is 1. The lowest BCUT2D eigenvalue weighted by molar-refractivity contribution is -0.433. The van der Waals surface area contributed by atoms with E-state index in [1.165, 1.54) is 34.2 Å². The molecule has 5 rings (SSSR count). The molecule has 1 atom stereocenters. The minimum Gasteiger partial charge on any atom is -0.775 e. The predicted molar refractivity (Wildman–Crippen MR) is 188 cm³/mol. The number of allylic oxidation sites excluding steroid dienone is 7. The molecule has 1 aliphatic carbocycles. The fraction of sp³-hybridized carbons (Fsp3) is 0.405. The van der Waals surface area contributed by atoms with Gasteiger partial charge in [0.25, 0.3) is 0 Å². The Bertz CT molecular complexity index is 1760. The third-order valence-corrected chi connectivity index (χ3v) is 11.7. The highest BCUT2D eigenvalue weighted by atomic mass is 32.2. The van der Waals surface area contributed by atoms with Gasteiger partial charge in [-0.25, -0.2) is 0 Å². The molecule has 2 aliphatic heterocycles. The Kier molecular flexibility index (Phi) is 9.77. The Morgan fingerprint density at radius 1 is 1.04 bits per heavy atom. The van der Waals surface area contributed by atoms with Gasteiger partial charge >= 0.3 is 5.97 Å². The topological polar surface area (TPSA) is 104 Å². The molecule has 2 heterocycles. The van der Waals surface area contributed by atoms with Crippen LogP contribution in [0.5, 0.6) is 0 Å². The minimum atomic E-state index is -4.63. The smallest absolute Gasteiger partial charge is 0.304 e. The first kappa shape index (κ1) is 34.2.